The molecular weight excluding hydrogens is 296 g/mol. The van der Waals surface area contributed by atoms with Gasteiger partial charge >= 0.3 is 0 Å². The van der Waals surface area contributed by atoms with E-state index in [0.29, 0.717) is 23.2 Å². The van der Waals surface area contributed by atoms with Crippen molar-refractivity contribution in [1.82, 2.24) is 0 Å². The Morgan fingerprint density at radius 1 is 0.917 bits per heavy atom. The molecule has 0 saturated heterocycles. The first kappa shape index (κ1) is 17.1. The molecule has 4 aliphatic rings. The fourth-order valence-corrected chi connectivity index (χ4v) is 8.14. The van der Waals surface area contributed by atoms with E-state index < -0.39 is 5.60 Å². The van der Waals surface area contributed by atoms with Crippen molar-refractivity contribution in [2.45, 2.75) is 84.7 Å². The fourth-order valence-electron chi connectivity index (χ4n) is 8.14. The molecule has 0 spiro atoms. The Bertz CT molecular complexity index is 526. The smallest absolute Gasteiger partial charge is 0.123 e. The summed E-state index contributed by atoms with van der Waals surface area (Å²) in [6.07, 6.45) is 10.7. The van der Waals surface area contributed by atoms with Crippen LogP contribution in [0.4, 0.5) is 0 Å². The molecule has 2 unspecified atom stereocenters. The Balaban J connectivity index is 1.66. The maximum absolute atomic E-state index is 11.6. The average Bonchev–Trinajstić information content (AvgIpc) is 2.86. The first-order valence-corrected chi connectivity index (χ1v) is 10.4. The Labute approximate surface area is 147 Å². The first-order chi connectivity index (χ1) is 11.2. The molecule has 0 aromatic heterocycles. The number of aliphatic hydroxyl groups is 1. The summed E-state index contributed by atoms with van der Waals surface area (Å²) in [6, 6.07) is 0. The lowest BCUT2D eigenvalue weighted by atomic mass is 9.42. The molecule has 0 aromatic carbocycles. The SMILES string of the molecule is CC1C[C@H]2[C@@H]3CC[C@H](C=O)[C@@]3(C)CC[C@@H]2[C@@]2(C)CC[C@](C)(O)CC12. The molecular formula is C22H36O2. The second-order valence-electron chi connectivity index (χ2n) is 10.8. The number of hydrogen-bond acceptors (Lipinski definition) is 2. The monoisotopic (exact) mass is 332 g/mol. The van der Waals surface area contributed by atoms with Crippen molar-refractivity contribution in [2.24, 2.45) is 46.3 Å². The number of carbonyl (C=O) groups is 1. The first-order valence-electron chi connectivity index (χ1n) is 10.4. The van der Waals surface area contributed by atoms with Gasteiger partial charge in [0.1, 0.15) is 6.29 Å². The quantitative estimate of drug-likeness (QED) is 0.698. The van der Waals surface area contributed by atoms with Crippen LogP contribution in [0.3, 0.4) is 0 Å². The van der Waals surface area contributed by atoms with Gasteiger partial charge in [-0.2, -0.15) is 0 Å². The average molecular weight is 333 g/mol. The van der Waals surface area contributed by atoms with Crippen LogP contribution in [0.15, 0.2) is 0 Å². The summed E-state index contributed by atoms with van der Waals surface area (Å²) in [4.78, 5) is 11.6. The molecule has 4 saturated carbocycles. The van der Waals surface area contributed by atoms with Crippen LogP contribution < -0.4 is 0 Å². The Morgan fingerprint density at radius 3 is 2.33 bits per heavy atom. The Kier molecular flexibility index (Phi) is 3.78. The molecule has 2 nitrogen and oxygen atoms in total. The third kappa shape index (κ3) is 2.20. The number of aldehydes is 1. The molecule has 4 rings (SSSR count). The zero-order chi connectivity index (χ0) is 17.3. The van der Waals surface area contributed by atoms with Gasteiger partial charge in [-0.1, -0.05) is 20.8 Å². The molecule has 0 radical (unpaired) electrons. The lowest BCUT2D eigenvalue weighted by Crippen LogP contribution is -2.57. The van der Waals surface area contributed by atoms with Gasteiger partial charge in [0, 0.05) is 5.92 Å². The van der Waals surface area contributed by atoms with Crippen molar-refractivity contribution in [3.05, 3.63) is 0 Å². The highest BCUT2D eigenvalue weighted by Crippen LogP contribution is 2.68. The molecule has 24 heavy (non-hydrogen) atoms. The molecule has 4 aliphatic carbocycles. The molecule has 9 atom stereocenters. The summed E-state index contributed by atoms with van der Waals surface area (Å²) in [5.41, 5.74) is 0.224. The van der Waals surface area contributed by atoms with Crippen molar-refractivity contribution in [3.63, 3.8) is 0 Å². The predicted octanol–water partition coefficient (Wildman–Crippen LogP) is 4.84. The summed E-state index contributed by atoms with van der Waals surface area (Å²) in [5.74, 6) is 4.08. The van der Waals surface area contributed by atoms with Crippen molar-refractivity contribution < 1.29 is 9.90 Å². The van der Waals surface area contributed by atoms with E-state index in [9.17, 15) is 9.90 Å². The zero-order valence-corrected chi connectivity index (χ0v) is 16.1. The normalized spacial score (nSPS) is 60.0. The highest BCUT2D eigenvalue weighted by Gasteiger charge is 2.62. The van der Waals surface area contributed by atoms with Gasteiger partial charge < -0.3 is 9.90 Å². The second kappa shape index (κ2) is 5.32. The molecule has 1 N–H and O–H groups in total. The molecule has 4 fully saturated rings. The summed E-state index contributed by atoms with van der Waals surface area (Å²) < 4.78 is 0. The standard InChI is InChI=1S/C22H36O2/c1-14-11-16-17-6-5-15(13-23)21(17,3)8-7-18(16)22(4)10-9-20(2,24)12-19(14)22/h13-19,24H,5-12H2,1-4H3/t14?,15-,16+,17+,18+,19?,20+,21-,22-/m1/s1. The summed E-state index contributed by atoms with van der Waals surface area (Å²) in [7, 11) is 0. The summed E-state index contributed by atoms with van der Waals surface area (Å²) >= 11 is 0. The molecule has 0 aromatic rings. The largest absolute Gasteiger partial charge is 0.390 e. The Hall–Kier alpha value is -0.370. The lowest BCUT2D eigenvalue weighted by molar-refractivity contribution is -0.165. The Morgan fingerprint density at radius 2 is 1.62 bits per heavy atom. The number of hydrogen-bond donors (Lipinski definition) is 1. The minimum absolute atomic E-state index is 0.270. The molecule has 136 valence electrons. The lowest BCUT2D eigenvalue weighted by Gasteiger charge is -2.63. The van der Waals surface area contributed by atoms with Crippen LogP contribution in [0.2, 0.25) is 0 Å². The summed E-state index contributed by atoms with van der Waals surface area (Å²) in [6.45, 7) is 9.47. The maximum Gasteiger partial charge on any atom is 0.123 e. The van der Waals surface area contributed by atoms with Gasteiger partial charge in [-0.15, -0.1) is 0 Å². The number of carbonyl (C=O) groups excluding carboxylic acids is 1. The van der Waals surface area contributed by atoms with Gasteiger partial charge in [0.15, 0.2) is 0 Å². The molecule has 0 bridgehead atoms. The van der Waals surface area contributed by atoms with E-state index in [-0.39, 0.29) is 5.41 Å². The molecule has 0 heterocycles. The predicted molar refractivity (Wildman–Crippen MR) is 96.5 cm³/mol. The minimum atomic E-state index is -0.454. The van der Waals surface area contributed by atoms with E-state index in [4.69, 9.17) is 0 Å². The second-order valence-corrected chi connectivity index (χ2v) is 10.8. The van der Waals surface area contributed by atoms with Gasteiger partial charge in [-0.3, -0.25) is 0 Å². The van der Waals surface area contributed by atoms with E-state index in [1.54, 1.807) is 0 Å². The van der Waals surface area contributed by atoms with Crippen LogP contribution in [0.1, 0.15) is 79.1 Å². The fraction of sp³-hybridized carbons (Fsp3) is 0.955. The minimum Gasteiger partial charge on any atom is -0.390 e. The van der Waals surface area contributed by atoms with Gasteiger partial charge in [0.25, 0.3) is 0 Å². The van der Waals surface area contributed by atoms with Crippen LogP contribution in [0.5, 0.6) is 0 Å². The van der Waals surface area contributed by atoms with E-state index >= 15 is 0 Å². The van der Waals surface area contributed by atoms with Crippen LogP contribution >= 0.6 is 0 Å². The van der Waals surface area contributed by atoms with Gasteiger partial charge in [-0.25, -0.2) is 0 Å². The molecule has 0 aliphatic heterocycles. The highest BCUT2D eigenvalue weighted by molar-refractivity contribution is 5.56. The van der Waals surface area contributed by atoms with Crippen LogP contribution in [-0.2, 0) is 4.79 Å². The highest BCUT2D eigenvalue weighted by atomic mass is 16.3. The third-order valence-corrected chi connectivity index (χ3v) is 9.56. The van der Waals surface area contributed by atoms with Crippen molar-refractivity contribution in [2.75, 3.05) is 0 Å². The van der Waals surface area contributed by atoms with E-state index in [2.05, 4.69) is 27.7 Å². The zero-order valence-electron chi connectivity index (χ0n) is 16.1. The summed E-state index contributed by atoms with van der Waals surface area (Å²) in [5, 5.41) is 10.7. The van der Waals surface area contributed by atoms with Gasteiger partial charge in [-0.05, 0) is 98.7 Å². The third-order valence-electron chi connectivity index (χ3n) is 9.56. The van der Waals surface area contributed by atoms with Crippen LogP contribution in [-0.4, -0.2) is 17.0 Å². The van der Waals surface area contributed by atoms with Crippen LogP contribution in [0, 0.1) is 46.3 Å². The van der Waals surface area contributed by atoms with Crippen LogP contribution in [0.25, 0.3) is 0 Å². The maximum atomic E-state index is 11.6. The van der Waals surface area contributed by atoms with E-state index in [1.807, 2.05) is 0 Å². The van der Waals surface area contributed by atoms with Crippen molar-refractivity contribution in [1.29, 1.82) is 0 Å². The number of fused-ring (bicyclic) bond motifs is 5. The molecule has 2 heteroatoms. The van der Waals surface area contributed by atoms with Gasteiger partial charge in [0.05, 0.1) is 5.60 Å². The van der Waals surface area contributed by atoms with Crippen molar-refractivity contribution in [3.8, 4) is 0 Å². The van der Waals surface area contributed by atoms with E-state index in [1.165, 1.54) is 38.4 Å². The van der Waals surface area contributed by atoms with Gasteiger partial charge in [0.2, 0.25) is 0 Å². The topological polar surface area (TPSA) is 37.3 Å². The molecule has 0 amide bonds. The number of rotatable bonds is 1. The van der Waals surface area contributed by atoms with Crippen molar-refractivity contribution >= 4 is 6.29 Å². The van der Waals surface area contributed by atoms with E-state index in [0.717, 1.165) is 37.0 Å².